The lowest BCUT2D eigenvalue weighted by molar-refractivity contribution is -0.148. The molecule has 0 aliphatic heterocycles. The van der Waals surface area contributed by atoms with E-state index in [9.17, 15) is 9.59 Å². The molecular weight excluding hydrogens is 254 g/mol. The van der Waals surface area contributed by atoms with Gasteiger partial charge in [0.15, 0.2) is 0 Å². The van der Waals surface area contributed by atoms with Crippen molar-refractivity contribution < 1.29 is 14.3 Å². The van der Waals surface area contributed by atoms with Gasteiger partial charge in [-0.15, -0.1) is 0 Å². The van der Waals surface area contributed by atoms with Crippen LogP contribution in [0.25, 0.3) is 0 Å². The van der Waals surface area contributed by atoms with E-state index >= 15 is 0 Å². The third kappa shape index (κ3) is 5.43. The molecule has 1 rings (SSSR count). The zero-order valence-electron chi connectivity index (χ0n) is 12.2. The summed E-state index contributed by atoms with van der Waals surface area (Å²) in [5.74, 6) is -0.534. The van der Waals surface area contributed by atoms with Crippen LogP contribution in [0.1, 0.15) is 25.8 Å². The molecule has 1 atom stereocenters. The predicted octanol–water partition coefficient (Wildman–Crippen LogP) is 2.19. The van der Waals surface area contributed by atoms with E-state index in [0.717, 1.165) is 6.42 Å². The highest BCUT2D eigenvalue weighted by Crippen LogP contribution is 2.13. The number of rotatable bonds is 9. The van der Waals surface area contributed by atoms with Gasteiger partial charge >= 0.3 is 12.4 Å². The standard InChI is InChI=1S/C16H22NO3/c1-3-17(13-18)12-15(16(19)20-4-2)11-10-14-8-6-5-7-9-14/h5-9,15H,3-4,10-12H2,1-2H3. The Morgan fingerprint density at radius 2 is 2.00 bits per heavy atom. The van der Waals surface area contributed by atoms with Gasteiger partial charge < -0.3 is 9.64 Å². The van der Waals surface area contributed by atoms with Crippen LogP contribution >= 0.6 is 0 Å². The van der Waals surface area contributed by atoms with Gasteiger partial charge in [-0.3, -0.25) is 9.59 Å². The third-order valence-corrected chi connectivity index (χ3v) is 3.20. The van der Waals surface area contributed by atoms with E-state index in [1.54, 1.807) is 6.92 Å². The average molecular weight is 276 g/mol. The summed E-state index contributed by atoms with van der Waals surface area (Å²) >= 11 is 0. The lowest BCUT2D eigenvalue weighted by Crippen LogP contribution is -2.33. The van der Waals surface area contributed by atoms with Crippen LogP contribution in [-0.4, -0.2) is 37.0 Å². The van der Waals surface area contributed by atoms with Gasteiger partial charge in [0.05, 0.1) is 12.5 Å². The van der Waals surface area contributed by atoms with Crippen LogP contribution in [0, 0.1) is 5.92 Å². The second-order valence-electron chi connectivity index (χ2n) is 4.60. The summed E-state index contributed by atoms with van der Waals surface area (Å²) in [7, 11) is 0. The van der Waals surface area contributed by atoms with E-state index < -0.39 is 0 Å². The molecule has 0 fully saturated rings. The van der Waals surface area contributed by atoms with Gasteiger partial charge in [-0.2, -0.15) is 0 Å². The van der Waals surface area contributed by atoms with Crippen LogP contribution in [0.15, 0.2) is 30.3 Å². The minimum absolute atomic E-state index is 0.239. The second-order valence-corrected chi connectivity index (χ2v) is 4.60. The lowest BCUT2D eigenvalue weighted by atomic mass is 9.99. The minimum Gasteiger partial charge on any atom is -0.466 e. The van der Waals surface area contributed by atoms with Crippen molar-refractivity contribution in [3.8, 4) is 0 Å². The van der Waals surface area contributed by atoms with Crippen molar-refractivity contribution >= 4 is 12.4 Å². The maximum Gasteiger partial charge on any atom is 0.312 e. The number of hydrogen-bond acceptors (Lipinski definition) is 3. The van der Waals surface area contributed by atoms with E-state index in [2.05, 4.69) is 0 Å². The first kappa shape index (κ1) is 16.2. The largest absolute Gasteiger partial charge is 0.466 e. The van der Waals surface area contributed by atoms with Gasteiger partial charge in [-0.05, 0) is 32.3 Å². The number of ether oxygens (including phenoxy) is 1. The van der Waals surface area contributed by atoms with Crippen LogP contribution in [0.3, 0.4) is 0 Å². The zero-order chi connectivity index (χ0) is 14.8. The topological polar surface area (TPSA) is 46.6 Å². The third-order valence-electron chi connectivity index (χ3n) is 3.20. The Hall–Kier alpha value is -1.84. The highest BCUT2D eigenvalue weighted by molar-refractivity contribution is 5.73. The van der Waals surface area contributed by atoms with Gasteiger partial charge in [-0.25, -0.2) is 0 Å². The van der Waals surface area contributed by atoms with Crippen LogP contribution < -0.4 is 0 Å². The summed E-state index contributed by atoms with van der Waals surface area (Å²) < 4.78 is 5.09. The Morgan fingerprint density at radius 1 is 1.30 bits per heavy atom. The molecule has 0 spiro atoms. The first-order valence-corrected chi connectivity index (χ1v) is 7.04. The molecule has 1 radical (unpaired) electrons. The Balaban J connectivity index is 2.62. The Labute approximate surface area is 120 Å². The van der Waals surface area contributed by atoms with Crippen molar-refractivity contribution in [2.24, 2.45) is 5.92 Å². The molecule has 0 heterocycles. The Bertz CT molecular complexity index is 405. The normalized spacial score (nSPS) is 11.7. The smallest absolute Gasteiger partial charge is 0.312 e. The van der Waals surface area contributed by atoms with E-state index in [1.807, 2.05) is 43.7 Å². The maximum atomic E-state index is 12.0. The molecule has 1 aromatic rings. The number of aryl methyl sites for hydroxylation is 1. The van der Waals surface area contributed by atoms with Gasteiger partial charge in [0.2, 0.25) is 0 Å². The molecule has 0 bridgehead atoms. The van der Waals surface area contributed by atoms with Crippen LogP contribution in [-0.2, 0) is 20.7 Å². The zero-order valence-corrected chi connectivity index (χ0v) is 12.2. The predicted molar refractivity (Wildman–Crippen MR) is 77.8 cm³/mol. The summed E-state index contributed by atoms with van der Waals surface area (Å²) in [5, 5.41) is 0. The number of carbonyl (C=O) groups excluding carboxylic acids is 2. The number of amides is 1. The first-order chi connectivity index (χ1) is 9.71. The van der Waals surface area contributed by atoms with Crippen molar-refractivity contribution in [3.05, 3.63) is 35.9 Å². The maximum absolute atomic E-state index is 12.0. The van der Waals surface area contributed by atoms with Gasteiger partial charge in [0, 0.05) is 13.1 Å². The van der Waals surface area contributed by atoms with Crippen molar-refractivity contribution in [2.75, 3.05) is 19.7 Å². The van der Waals surface area contributed by atoms with E-state index in [4.69, 9.17) is 4.74 Å². The Kier molecular flexibility index (Phi) is 7.40. The van der Waals surface area contributed by atoms with Crippen LogP contribution in [0.4, 0.5) is 0 Å². The summed E-state index contributed by atoms with van der Waals surface area (Å²) in [6.07, 6.45) is 3.31. The van der Waals surface area contributed by atoms with Gasteiger partial charge in [-0.1, -0.05) is 30.3 Å². The fourth-order valence-electron chi connectivity index (χ4n) is 2.03. The molecule has 0 saturated carbocycles. The second kappa shape index (κ2) is 9.13. The fraction of sp³-hybridized carbons (Fsp3) is 0.500. The molecule has 0 saturated heterocycles. The molecule has 109 valence electrons. The van der Waals surface area contributed by atoms with Crippen molar-refractivity contribution in [1.82, 2.24) is 4.90 Å². The van der Waals surface area contributed by atoms with Crippen LogP contribution in [0.5, 0.6) is 0 Å². The molecular formula is C16H22NO3. The number of carbonyl (C=O) groups is 1. The summed E-state index contributed by atoms with van der Waals surface area (Å²) in [6.45, 7) is 4.92. The molecule has 20 heavy (non-hydrogen) atoms. The highest BCUT2D eigenvalue weighted by atomic mass is 16.5. The van der Waals surface area contributed by atoms with Gasteiger partial charge in [0.25, 0.3) is 0 Å². The molecule has 0 aromatic heterocycles. The van der Waals surface area contributed by atoms with E-state index in [-0.39, 0.29) is 11.9 Å². The summed E-state index contributed by atoms with van der Waals surface area (Å²) in [5.41, 5.74) is 1.18. The molecule has 0 aliphatic rings. The number of nitrogens with zero attached hydrogens (tertiary/aromatic N) is 1. The van der Waals surface area contributed by atoms with E-state index in [0.29, 0.717) is 26.1 Å². The number of esters is 1. The SMILES string of the molecule is CCOC(=O)C(CCc1ccccc1)CN([C]=O)CC. The van der Waals surface area contributed by atoms with Crippen LogP contribution in [0.2, 0.25) is 0 Å². The van der Waals surface area contributed by atoms with Crippen molar-refractivity contribution in [3.63, 3.8) is 0 Å². The monoisotopic (exact) mass is 276 g/mol. The molecule has 0 N–H and O–H groups in total. The molecule has 0 aliphatic carbocycles. The quantitative estimate of drug-likeness (QED) is 0.513. The first-order valence-electron chi connectivity index (χ1n) is 7.04. The molecule has 1 unspecified atom stereocenters. The fourth-order valence-corrected chi connectivity index (χ4v) is 2.03. The minimum atomic E-state index is -0.295. The lowest BCUT2D eigenvalue weighted by Gasteiger charge is -2.21. The summed E-state index contributed by atoms with van der Waals surface area (Å²) in [6, 6.07) is 9.99. The highest BCUT2D eigenvalue weighted by Gasteiger charge is 2.22. The van der Waals surface area contributed by atoms with Crippen molar-refractivity contribution in [2.45, 2.75) is 26.7 Å². The summed E-state index contributed by atoms with van der Waals surface area (Å²) in [4.78, 5) is 24.2. The molecule has 1 amide bonds. The van der Waals surface area contributed by atoms with Crippen molar-refractivity contribution in [1.29, 1.82) is 0 Å². The average Bonchev–Trinajstić information content (AvgIpc) is 2.49. The molecule has 1 aromatic carbocycles. The number of benzene rings is 1. The Morgan fingerprint density at radius 3 is 2.55 bits per heavy atom. The van der Waals surface area contributed by atoms with E-state index in [1.165, 1.54) is 10.5 Å². The molecule has 4 heteroatoms. The molecule has 4 nitrogen and oxygen atoms in total. The number of hydrogen-bond donors (Lipinski definition) is 0. The van der Waals surface area contributed by atoms with Gasteiger partial charge in [0.1, 0.15) is 0 Å².